The lowest BCUT2D eigenvalue weighted by atomic mass is 10.1. The van der Waals surface area contributed by atoms with Gasteiger partial charge in [0, 0.05) is 25.4 Å². The lowest BCUT2D eigenvalue weighted by molar-refractivity contribution is 0.419. The van der Waals surface area contributed by atoms with Gasteiger partial charge in [-0.1, -0.05) is 20.8 Å². The summed E-state index contributed by atoms with van der Waals surface area (Å²) >= 11 is 0. The number of furan rings is 1. The average molecular weight is 290 g/mol. The van der Waals surface area contributed by atoms with Gasteiger partial charge in [-0.05, 0) is 31.0 Å². The molecule has 0 saturated heterocycles. The molecular weight excluding hydrogens is 264 g/mol. The van der Waals surface area contributed by atoms with Gasteiger partial charge >= 0.3 is 0 Å². The van der Waals surface area contributed by atoms with Crippen molar-refractivity contribution in [2.75, 3.05) is 6.54 Å². The maximum atomic E-state index is 5.41. The van der Waals surface area contributed by atoms with Gasteiger partial charge in [0.15, 0.2) is 0 Å². The lowest BCUT2D eigenvalue weighted by Crippen LogP contribution is -2.32. The van der Waals surface area contributed by atoms with Gasteiger partial charge in [-0.3, -0.25) is 0 Å². The molecule has 2 aromatic heterocycles. The number of nitrogens with one attached hydrogen (secondary N) is 1. The third kappa shape index (κ3) is 5.01. The Morgan fingerprint density at radius 2 is 2.24 bits per heavy atom. The van der Waals surface area contributed by atoms with Gasteiger partial charge < -0.3 is 9.73 Å². The number of rotatable bonds is 9. The molecule has 1 unspecified atom stereocenters. The molecule has 0 spiro atoms. The maximum Gasteiger partial charge on any atom is 0.138 e. The minimum Gasteiger partial charge on any atom is -0.469 e. The van der Waals surface area contributed by atoms with E-state index in [1.807, 2.05) is 16.8 Å². The second-order valence-corrected chi connectivity index (χ2v) is 5.83. The fraction of sp³-hybridized carbons (Fsp3) is 0.625. The lowest BCUT2D eigenvalue weighted by Gasteiger charge is -2.18. The van der Waals surface area contributed by atoms with E-state index in [1.165, 1.54) is 0 Å². The molecule has 116 valence electrons. The average Bonchev–Trinajstić information content (AvgIpc) is 3.08. The summed E-state index contributed by atoms with van der Waals surface area (Å²) in [6, 6.07) is 4.37. The van der Waals surface area contributed by atoms with Gasteiger partial charge in [-0.15, -0.1) is 0 Å². The zero-order chi connectivity index (χ0) is 15.1. The van der Waals surface area contributed by atoms with E-state index in [0.29, 0.717) is 12.0 Å². The maximum absolute atomic E-state index is 5.41. The summed E-state index contributed by atoms with van der Waals surface area (Å²) in [6.07, 6.45) is 6.28. The van der Waals surface area contributed by atoms with Gasteiger partial charge in [0.05, 0.1) is 6.26 Å². The molecule has 0 bridgehead atoms. The van der Waals surface area contributed by atoms with Crippen LogP contribution in [0.1, 0.15) is 38.8 Å². The molecule has 0 aliphatic carbocycles. The van der Waals surface area contributed by atoms with Crippen LogP contribution in [0.2, 0.25) is 0 Å². The van der Waals surface area contributed by atoms with Gasteiger partial charge in [-0.2, -0.15) is 5.10 Å². The highest BCUT2D eigenvalue weighted by molar-refractivity contribution is 4.99. The Balaban J connectivity index is 1.94. The van der Waals surface area contributed by atoms with Crippen molar-refractivity contribution in [2.24, 2.45) is 5.92 Å². The third-order valence-electron chi connectivity index (χ3n) is 3.47. The molecule has 0 saturated carbocycles. The number of nitrogens with zero attached hydrogens (tertiary/aromatic N) is 3. The van der Waals surface area contributed by atoms with Gasteiger partial charge in [0.1, 0.15) is 17.9 Å². The van der Waals surface area contributed by atoms with Crippen molar-refractivity contribution in [1.82, 2.24) is 20.1 Å². The zero-order valence-corrected chi connectivity index (χ0v) is 13.2. The van der Waals surface area contributed by atoms with E-state index in [9.17, 15) is 0 Å². The zero-order valence-electron chi connectivity index (χ0n) is 13.2. The molecule has 21 heavy (non-hydrogen) atoms. The molecule has 1 N–H and O–H groups in total. The topological polar surface area (TPSA) is 55.9 Å². The Morgan fingerprint density at radius 1 is 1.38 bits per heavy atom. The number of aromatic nitrogens is 3. The molecule has 5 nitrogen and oxygen atoms in total. The van der Waals surface area contributed by atoms with Crippen molar-refractivity contribution in [3.63, 3.8) is 0 Å². The van der Waals surface area contributed by atoms with E-state index < -0.39 is 0 Å². The molecule has 2 rings (SSSR count). The Hall–Kier alpha value is -1.62. The van der Waals surface area contributed by atoms with Crippen LogP contribution >= 0.6 is 0 Å². The second kappa shape index (κ2) is 7.98. The first-order valence-corrected chi connectivity index (χ1v) is 7.81. The van der Waals surface area contributed by atoms with Crippen molar-refractivity contribution in [2.45, 2.75) is 52.6 Å². The molecule has 2 heterocycles. The Labute approximate surface area is 126 Å². The first-order valence-electron chi connectivity index (χ1n) is 7.81. The van der Waals surface area contributed by atoms with E-state index in [0.717, 1.165) is 43.9 Å². The highest BCUT2D eigenvalue weighted by Gasteiger charge is 2.14. The van der Waals surface area contributed by atoms with Crippen molar-refractivity contribution < 1.29 is 4.42 Å². The van der Waals surface area contributed by atoms with E-state index in [1.54, 1.807) is 12.6 Å². The summed E-state index contributed by atoms with van der Waals surface area (Å²) in [4.78, 5) is 4.42. The molecule has 0 aliphatic heterocycles. The van der Waals surface area contributed by atoms with Crippen LogP contribution < -0.4 is 5.32 Å². The molecule has 2 aromatic rings. The molecule has 0 radical (unpaired) electrons. The van der Waals surface area contributed by atoms with Crippen LogP contribution in [0.25, 0.3) is 0 Å². The monoisotopic (exact) mass is 290 g/mol. The fourth-order valence-corrected chi connectivity index (χ4v) is 2.50. The van der Waals surface area contributed by atoms with E-state index >= 15 is 0 Å². The summed E-state index contributed by atoms with van der Waals surface area (Å²) in [7, 11) is 0. The molecule has 5 heteroatoms. The minimum absolute atomic E-state index is 0.398. The largest absolute Gasteiger partial charge is 0.469 e. The van der Waals surface area contributed by atoms with Crippen LogP contribution in [0.15, 0.2) is 29.1 Å². The van der Waals surface area contributed by atoms with Crippen LogP contribution in [0, 0.1) is 5.92 Å². The summed E-state index contributed by atoms with van der Waals surface area (Å²) < 4.78 is 7.44. The Kier molecular flexibility index (Phi) is 5.99. The van der Waals surface area contributed by atoms with Gasteiger partial charge in [0.25, 0.3) is 0 Å². The van der Waals surface area contributed by atoms with Crippen LogP contribution in [0.5, 0.6) is 0 Å². The predicted octanol–water partition coefficient (Wildman–Crippen LogP) is 2.68. The molecule has 1 atom stereocenters. The number of aryl methyl sites for hydroxylation is 1. The van der Waals surface area contributed by atoms with Crippen molar-refractivity contribution in [3.05, 3.63) is 36.3 Å². The van der Waals surface area contributed by atoms with Crippen LogP contribution in [-0.2, 0) is 19.4 Å². The van der Waals surface area contributed by atoms with E-state index in [-0.39, 0.29) is 0 Å². The Morgan fingerprint density at radius 3 is 2.90 bits per heavy atom. The van der Waals surface area contributed by atoms with Crippen LogP contribution in [0.3, 0.4) is 0 Å². The molecule has 0 aliphatic rings. The van der Waals surface area contributed by atoms with Gasteiger partial charge in [-0.25, -0.2) is 9.67 Å². The third-order valence-corrected chi connectivity index (χ3v) is 3.47. The fourth-order valence-electron chi connectivity index (χ4n) is 2.50. The van der Waals surface area contributed by atoms with E-state index in [4.69, 9.17) is 4.42 Å². The summed E-state index contributed by atoms with van der Waals surface area (Å²) in [5.41, 5.74) is 0. The SMILES string of the molecule is CCNC(CCc1ccco1)Cc1ncnn1CC(C)C. The molecule has 0 aromatic carbocycles. The van der Waals surface area contributed by atoms with E-state index in [2.05, 4.69) is 36.2 Å². The summed E-state index contributed by atoms with van der Waals surface area (Å²) in [6.45, 7) is 8.42. The first-order chi connectivity index (χ1) is 10.2. The first kappa shape index (κ1) is 15.8. The highest BCUT2D eigenvalue weighted by Crippen LogP contribution is 2.10. The molecule has 0 fully saturated rings. The Bertz CT molecular complexity index is 504. The van der Waals surface area contributed by atoms with Crippen molar-refractivity contribution in [1.29, 1.82) is 0 Å². The minimum atomic E-state index is 0.398. The van der Waals surface area contributed by atoms with Crippen molar-refractivity contribution in [3.8, 4) is 0 Å². The highest BCUT2D eigenvalue weighted by atomic mass is 16.3. The van der Waals surface area contributed by atoms with Gasteiger partial charge in [0.2, 0.25) is 0 Å². The van der Waals surface area contributed by atoms with Crippen LogP contribution in [-0.4, -0.2) is 27.4 Å². The second-order valence-electron chi connectivity index (χ2n) is 5.83. The summed E-state index contributed by atoms with van der Waals surface area (Å²) in [5.74, 6) is 2.68. The van der Waals surface area contributed by atoms with Crippen molar-refractivity contribution >= 4 is 0 Å². The summed E-state index contributed by atoms with van der Waals surface area (Å²) in [5, 5.41) is 7.88. The number of likely N-dealkylation sites (N-methyl/N-ethyl adjacent to an activating group) is 1. The number of hydrogen-bond acceptors (Lipinski definition) is 4. The quantitative estimate of drug-likeness (QED) is 0.771. The van der Waals surface area contributed by atoms with Crippen LogP contribution in [0.4, 0.5) is 0 Å². The molecular formula is C16H26N4O. The molecule has 0 amide bonds. The number of hydrogen-bond donors (Lipinski definition) is 1. The standard InChI is InChI=1S/C16H26N4O/c1-4-17-14(7-8-15-6-5-9-21-15)10-16-18-12-19-20(16)11-13(2)3/h5-6,9,12-14,17H,4,7-8,10-11H2,1-3H3. The normalized spacial score (nSPS) is 13.0. The predicted molar refractivity (Wildman–Crippen MR) is 83.1 cm³/mol. The smallest absolute Gasteiger partial charge is 0.138 e.